The lowest BCUT2D eigenvalue weighted by atomic mass is 10.1. The summed E-state index contributed by atoms with van der Waals surface area (Å²) in [6.45, 7) is 0. The first-order valence-corrected chi connectivity index (χ1v) is 6.71. The third-order valence-electron chi connectivity index (χ3n) is 2.82. The molecule has 0 atom stereocenters. The van der Waals surface area contributed by atoms with Gasteiger partial charge in [0.2, 0.25) is 0 Å². The van der Waals surface area contributed by atoms with Crippen LogP contribution in [0.3, 0.4) is 0 Å². The highest BCUT2D eigenvalue weighted by atomic mass is 35.5. The first-order chi connectivity index (χ1) is 10.6. The van der Waals surface area contributed by atoms with Crippen LogP contribution in [0.2, 0.25) is 10.0 Å². The van der Waals surface area contributed by atoms with E-state index in [4.69, 9.17) is 23.2 Å². The van der Waals surface area contributed by atoms with Gasteiger partial charge in [-0.3, -0.25) is 4.79 Å². The molecule has 122 valence electrons. The Bertz CT molecular complexity index is 778. The highest BCUT2D eigenvalue weighted by molar-refractivity contribution is 6.32. The maximum atomic E-state index is 13.1. The second-order valence-electron chi connectivity index (χ2n) is 4.43. The number of anilines is 1. The minimum absolute atomic E-state index is 0.0344. The van der Waals surface area contributed by atoms with Gasteiger partial charge in [0, 0.05) is 11.8 Å². The smallest absolute Gasteiger partial charge is 0.417 e. The number of amides is 1. The van der Waals surface area contributed by atoms with Crippen LogP contribution in [0.5, 0.6) is 5.75 Å². The van der Waals surface area contributed by atoms with Crippen LogP contribution in [0, 0.1) is 5.82 Å². The number of aromatic hydroxyl groups is 1. The maximum absolute atomic E-state index is 13.1. The Morgan fingerprint density at radius 2 is 1.74 bits per heavy atom. The van der Waals surface area contributed by atoms with Gasteiger partial charge in [-0.1, -0.05) is 23.2 Å². The first kappa shape index (κ1) is 17.4. The average Bonchev–Trinajstić information content (AvgIpc) is 2.41. The number of alkyl halides is 3. The van der Waals surface area contributed by atoms with Crippen molar-refractivity contribution >= 4 is 34.8 Å². The molecule has 0 aliphatic heterocycles. The number of phenols is 1. The summed E-state index contributed by atoms with van der Waals surface area (Å²) in [7, 11) is 0. The predicted molar refractivity (Wildman–Crippen MR) is 77.5 cm³/mol. The molecule has 9 heteroatoms. The van der Waals surface area contributed by atoms with Gasteiger partial charge in [-0.2, -0.15) is 13.2 Å². The van der Waals surface area contributed by atoms with E-state index in [0.29, 0.717) is 12.1 Å². The van der Waals surface area contributed by atoms with E-state index in [2.05, 4.69) is 5.32 Å². The Hall–Kier alpha value is -1.99. The van der Waals surface area contributed by atoms with Gasteiger partial charge in [-0.25, -0.2) is 4.39 Å². The van der Waals surface area contributed by atoms with Crippen LogP contribution >= 0.6 is 23.2 Å². The molecule has 0 aliphatic carbocycles. The minimum atomic E-state index is -4.62. The summed E-state index contributed by atoms with van der Waals surface area (Å²) in [5.41, 5.74) is -1.43. The SMILES string of the molecule is O=C(Nc1ccc(C(F)(F)F)c(Cl)c1)c1cc(Cl)c(F)cc1O. The molecular formula is C14H7Cl2F4NO2. The fourth-order valence-corrected chi connectivity index (χ4v) is 2.19. The van der Waals surface area contributed by atoms with Crippen molar-refractivity contribution in [3.63, 3.8) is 0 Å². The topological polar surface area (TPSA) is 49.3 Å². The van der Waals surface area contributed by atoms with Gasteiger partial charge in [0.15, 0.2) is 0 Å². The number of phenolic OH excluding ortho intramolecular Hbond substituents is 1. The third-order valence-corrected chi connectivity index (χ3v) is 3.42. The van der Waals surface area contributed by atoms with Gasteiger partial charge in [0.1, 0.15) is 11.6 Å². The molecule has 0 radical (unpaired) electrons. The summed E-state index contributed by atoms with van der Waals surface area (Å²) in [5.74, 6) is -2.47. The molecule has 2 aromatic carbocycles. The average molecular weight is 368 g/mol. The number of nitrogens with one attached hydrogen (secondary N) is 1. The van der Waals surface area contributed by atoms with E-state index in [1.165, 1.54) is 0 Å². The molecular weight excluding hydrogens is 361 g/mol. The number of rotatable bonds is 2. The molecule has 3 nitrogen and oxygen atoms in total. The Labute approximate surface area is 137 Å². The fraction of sp³-hybridized carbons (Fsp3) is 0.0714. The number of halogens is 6. The van der Waals surface area contributed by atoms with Crippen molar-refractivity contribution in [1.82, 2.24) is 0 Å². The number of carbonyl (C=O) groups is 1. The molecule has 2 rings (SSSR count). The van der Waals surface area contributed by atoms with Crippen molar-refractivity contribution in [1.29, 1.82) is 0 Å². The molecule has 0 fully saturated rings. The molecule has 0 spiro atoms. The molecule has 1 amide bonds. The largest absolute Gasteiger partial charge is 0.507 e. The summed E-state index contributed by atoms with van der Waals surface area (Å²) in [5, 5.41) is 10.8. The summed E-state index contributed by atoms with van der Waals surface area (Å²) in [4.78, 5) is 12.0. The predicted octanol–water partition coefficient (Wildman–Crippen LogP) is 5.11. The van der Waals surface area contributed by atoms with Crippen LogP contribution in [-0.4, -0.2) is 11.0 Å². The van der Waals surface area contributed by atoms with E-state index in [1.807, 2.05) is 0 Å². The van der Waals surface area contributed by atoms with Crippen molar-refractivity contribution in [2.45, 2.75) is 6.18 Å². The molecule has 0 bridgehead atoms. The van der Waals surface area contributed by atoms with Gasteiger partial charge < -0.3 is 10.4 Å². The molecule has 0 unspecified atom stereocenters. The normalized spacial score (nSPS) is 11.4. The lowest BCUT2D eigenvalue weighted by molar-refractivity contribution is -0.137. The standard InChI is InChI=1S/C14H7Cl2F4NO2/c15-9-3-6(1-2-8(9)14(18,19)20)21-13(23)7-4-10(16)11(17)5-12(7)22/h1-5,22H,(H,21,23). The van der Waals surface area contributed by atoms with Crippen molar-refractivity contribution in [3.05, 3.63) is 57.3 Å². The number of carbonyl (C=O) groups excluding carboxylic acids is 1. The Balaban J connectivity index is 2.28. The van der Waals surface area contributed by atoms with E-state index < -0.39 is 39.3 Å². The highest BCUT2D eigenvalue weighted by Crippen LogP contribution is 2.36. The third kappa shape index (κ3) is 3.86. The van der Waals surface area contributed by atoms with Crippen LogP contribution in [0.15, 0.2) is 30.3 Å². The van der Waals surface area contributed by atoms with Crippen LogP contribution in [-0.2, 0) is 6.18 Å². The number of hydrogen-bond acceptors (Lipinski definition) is 2. The maximum Gasteiger partial charge on any atom is 0.417 e. The summed E-state index contributed by atoms with van der Waals surface area (Å²) in [6, 6.07) is 4.15. The summed E-state index contributed by atoms with van der Waals surface area (Å²) in [6.07, 6.45) is -4.62. The number of benzene rings is 2. The first-order valence-electron chi connectivity index (χ1n) is 5.95. The fourth-order valence-electron chi connectivity index (χ4n) is 1.74. The van der Waals surface area contributed by atoms with Crippen molar-refractivity contribution in [3.8, 4) is 5.75 Å². The van der Waals surface area contributed by atoms with Crippen LogP contribution in [0.25, 0.3) is 0 Å². The Morgan fingerprint density at radius 1 is 1.09 bits per heavy atom. The van der Waals surface area contributed by atoms with Gasteiger partial charge in [-0.15, -0.1) is 0 Å². The lowest BCUT2D eigenvalue weighted by Crippen LogP contribution is -2.13. The quantitative estimate of drug-likeness (QED) is 0.724. The molecule has 2 N–H and O–H groups in total. The molecule has 0 heterocycles. The van der Waals surface area contributed by atoms with E-state index in [0.717, 1.165) is 18.2 Å². The van der Waals surface area contributed by atoms with Gasteiger partial charge in [0.25, 0.3) is 5.91 Å². The number of hydrogen-bond donors (Lipinski definition) is 2. The zero-order chi connectivity index (χ0) is 17.4. The van der Waals surface area contributed by atoms with Crippen LogP contribution in [0.4, 0.5) is 23.2 Å². The Kier molecular flexibility index (Phi) is 4.72. The van der Waals surface area contributed by atoms with Crippen molar-refractivity contribution in [2.24, 2.45) is 0 Å². The molecule has 2 aromatic rings. The molecule has 23 heavy (non-hydrogen) atoms. The monoisotopic (exact) mass is 367 g/mol. The second-order valence-corrected chi connectivity index (χ2v) is 5.24. The molecule has 0 aliphatic rings. The van der Waals surface area contributed by atoms with Gasteiger partial charge in [0.05, 0.1) is 21.2 Å². The zero-order valence-corrected chi connectivity index (χ0v) is 12.5. The minimum Gasteiger partial charge on any atom is -0.507 e. The molecule has 0 aromatic heterocycles. The second kappa shape index (κ2) is 6.25. The molecule has 0 saturated carbocycles. The summed E-state index contributed by atoms with van der Waals surface area (Å²) < 4.78 is 50.9. The van der Waals surface area contributed by atoms with E-state index in [-0.39, 0.29) is 11.3 Å². The van der Waals surface area contributed by atoms with E-state index in [1.54, 1.807) is 0 Å². The zero-order valence-electron chi connectivity index (χ0n) is 11.0. The highest BCUT2D eigenvalue weighted by Gasteiger charge is 2.33. The van der Waals surface area contributed by atoms with E-state index in [9.17, 15) is 27.5 Å². The Morgan fingerprint density at radius 3 is 2.30 bits per heavy atom. The van der Waals surface area contributed by atoms with Crippen molar-refractivity contribution in [2.75, 3.05) is 5.32 Å². The van der Waals surface area contributed by atoms with Crippen LogP contribution in [0.1, 0.15) is 15.9 Å². The van der Waals surface area contributed by atoms with Crippen molar-refractivity contribution < 1.29 is 27.5 Å². The van der Waals surface area contributed by atoms with Gasteiger partial charge in [-0.05, 0) is 24.3 Å². The summed E-state index contributed by atoms with van der Waals surface area (Å²) >= 11 is 11.0. The van der Waals surface area contributed by atoms with Crippen LogP contribution < -0.4 is 5.32 Å². The van der Waals surface area contributed by atoms with Gasteiger partial charge >= 0.3 is 6.18 Å². The van der Waals surface area contributed by atoms with E-state index >= 15 is 0 Å². The lowest BCUT2D eigenvalue weighted by Gasteiger charge is -2.12. The molecule has 0 saturated heterocycles.